The number of rotatable bonds is 12. The van der Waals surface area contributed by atoms with Crippen LogP contribution in [0.15, 0.2) is 59.8 Å². The van der Waals surface area contributed by atoms with Crippen molar-refractivity contribution in [2.24, 2.45) is 11.8 Å². The summed E-state index contributed by atoms with van der Waals surface area (Å²) < 4.78 is 5.54. The summed E-state index contributed by atoms with van der Waals surface area (Å²) in [6, 6.07) is 15.2. The predicted octanol–water partition coefficient (Wildman–Crippen LogP) is 6.24. The van der Waals surface area contributed by atoms with Gasteiger partial charge in [-0.15, -0.1) is 0 Å². The van der Waals surface area contributed by atoms with Gasteiger partial charge in [0.2, 0.25) is 5.91 Å². The van der Waals surface area contributed by atoms with E-state index in [1.54, 1.807) is 6.92 Å². The van der Waals surface area contributed by atoms with Gasteiger partial charge in [-0.25, -0.2) is 9.59 Å². The van der Waals surface area contributed by atoms with Crippen LogP contribution >= 0.6 is 0 Å². The molecule has 0 aromatic heterocycles. The Morgan fingerprint density at radius 1 is 0.947 bits per heavy atom. The second-order valence-electron chi connectivity index (χ2n) is 10.5. The first-order chi connectivity index (χ1) is 18.1. The molecule has 3 rings (SSSR count). The third kappa shape index (κ3) is 7.24. The third-order valence-electron chi connectivity index (χ3n) is 7.51. The predicted molar refractivity (Wildman–Crippen MR) is 149 cm³/mol. The van der Waals surface area contributed by atoms with E-state index in [1.807, 2.05) is 36.4 Å². The number of benzene rings is 2. The molecule has 3 atom stereocenters. The van der Waals surface area contributed by atoms with Gasteiger partial charge in [-0.05, 0) is 67.2 Å². The highest BCUT2D eigenvalue weighted by molar-refractivity contribution is 5.90. The number of aliphatic carboxylic acids is 1. The molecule has 7 nitrogen and oxygen atoms in total. The Hall–Kier alpha value is -3.61. The van der Waals surface area contributed by atoms with E-state index in [-0.39, 0.29) is 18.1 Å². The van der Waals surface area contributed by atoms with E-state index in [9.17, 15) is 19.5 Å². The van der Waals surface area contributed by atoms with Crippen molar-refractivity contribution in [1.82, 2.24) is 10.6 Å². The molecular formula is C31H40N2O5. The number of amides is 2. The lowest BCUT2D eigenvalue weighted by atomic mass is 9.91. The monoisotopic (exact) mass is 520 g/mol. The quantitative estimate of drug-likeness (QED) is 0.287. The fourth-order valence-corrected chi connectivity index (χ4v) is 4.97. The van der Waals surface area contributed by atoms with Crippen LogP contribution in [0.3, 0.4) is 0 Å². The number of allylic oxidation sites excluding steroid dienone is 1. The summed E-state index contributed by atoms with van der Waals surface area (Å²) in [5, 5.41) is 14.8. The first kappa shape index (κ1) is 29.0. The summed E-state index contributed by atoms with van der Waals surface area (Å²) in [7, 11) is 0. The van der Waals surface area contributed by atoms with E-state index in [0.717, 1.165) is 41.5 Å². The van der Waals surface area contributed by atoms with E-state index in [4.69, 9.17) is 4.74 Å². The van der Waals surface area contributed by atoms with Crippen molar-refractivity contribution in [3.63, 3.8) is 0 Å². The van der Waals surface area contributed by atoms with Gasteiger partial charge in [0.25, 0.3) is 0 Å². The van der Waals surface area contributed by atoms with Gasteiger partial charge in [-0.1, -0.05) is 75.7 Å². The Kier molecular flexibility index (Phi) is 10.1. The first-order valence-electron chi connectivity index (χ1n) is 13.5. The maximum atomic E-state index is 12.9. The largest absolute Gasteiger partial charge is 0.478 e. The Labute approximate surface area is 225 Å². The number of ether oxygens (including phenoxy) is 1. The number of carbonyl (C=O) groups excluding carboxylic acids is 2. The standard InChI is InChI=1S/C31H40N2O5/c1-6-19(2)17-20(3)15-16-28(21(4)30(35)36)33-29(34)22(5)32-31(37)38-18-27-25-13-9-7-11-23(25)24-12-8-10-14-26(24)27/h7-14,19-20,22,27H,6,15-18H2,1-5H3,(H,32,37)(H,33,34)(H,35,36)/t19?,20-,22?/m1/s1. The summed E-state index contributed by atoms with van der Waals surface area (Å²) >= 11 is 0. The smallest absolute Gasteiger partial charge is 0.407 e. The van der Waals surface area contributed by atoms with E-state index >= 15 is 0 Å². The van der Waals surface area contributed by atoms with Gasteiger partial charge in [0.15, 0.2) is 0 Å². The molecule has 2 unspecified atom stereocenters. The highest BCUT2D eigenvalue weighted by Crippen LogP contribution is 2.44. The van der Waals surface area contributed by atoms with E-state index in [0.29, 0.717) is 24.0 Å². The van der Waals surface area contributed by atoms with Crippen molar-refractivity contribution >= 4 is 18.0 Å². The van der Waals surface area contributed by atoms with Crippen molar-refractivity contribution in [3.8, 4) is 11.1 Å². The molecule has 3 N–H and O–H groups in total. The van der Waals surface area contributed by atoms with Gasteiger partial charge in [0.05, 0.1) is 5.57 Å². The van der Waals surface area contributed by atoms with Crippen molar-refractivity contribution in [2.45, 2.75) is 72.3 Å². The minimum atomic E-state index is -1.08. The number of hydrogen-bond acceptors (Lipinski definition) is 4. The summed E-state index contributed by atoms with van der Waals surface area (Å²) in [6.45, 7) is 9.68. The van der Waals surface area contributed by atoms with Crippen molar-refractivity contribution < 1.29 is 24.2 Å². The third-order valence-corrected chi connectivity index (χ3v) is 7.51. The molecule has 0 saturated carbocycles. The molecule has 38 heavy (non-hydrogen) atoms. The highest BCUT2D eigenvalue weighted by Gasteiger charge is 2.29. The van der Waals surface area contributed by atoms with Crippen LogP contribution in [0.2, 0.25) is 0 Å². The van der Waals surface area contributed by atoms with Gasteiger partial charge in [-0.3, -0.25) is 4.79 Å². The Balaban J connectivity index is 1.57. The molecule has 0 saturated heterocycles. The maximum absolute atomic E-state index is 12.9. The lowest BCUT2D eigenvalue weighted by Gasteiger charge is -2.20. The number of hydrogen-bond donors (Lipinski definition) is 3. The molecule has 1 aliphatic rings. The molecule has 0 spiro atoms. The van der Waals surface area contributed by atoms with E-state index in [2.05, 4.69) is 43.5 Å². The van der Waals surface area contributed by atoms with Crippen LogP contribution in [0.4, 0.5) is 4.79 Å². The zero-order valence-corrected chi connectivity index (χ0v) is 23.0. The summed E-state index contributed by atoms with van der Waals surface area (Å²) in [5.41, 5.74) is 4.96. The summed E-state index contributed by atoms with van der Waals surface area (Å²) in [4.78, 5) is 37.1. The fraction of sp³-hybridized carbons (Fsp3) is 0.452. The first-order valence-corrected chi connectivity index (χ1v) is 13.5. The van der Waals surface area contributed by atoms with Crippen LogP contribution in [-0.4, -0.2) is 35.7 Å². The van der Waals surface area contributed by atoms with Crippen LogP contribution in [0.25, 0.3) is 11.1 Å². The van der Waals surface area contributed by atoms with Gasteiger partial charge in [0, 0.05) is 11.6 Å². The molecule has 0 bridgehead atoms. The summed E-state index contributed by atoms with van der Waals surface area (Å²) in [6.07, 6.45) is 2.65. The number of carboxylic acids is 1. The van der Waals surface area contributed by atoms with Crippen LogP contribution < -0.4 is 10.6 Å². The minimum Gasteiger partial charge on any atom is -0.478 e. The second-order valence-corrected chi connectivity index (χ2v) is 10.5. The van der Waals surface area contributed by atoms with Crippen LogP contribution in [0.1, 0.15) is 77.3 Å². The fourth-order valence-electron chi connectivity index (χ4n) is 4.97. The molecule has 1 aliphatic carbocycles. The maximum Gasteiger partial charge on any atom is 0.407 e. The molecule has 0 radical (unpaired) electrons. The molecule has 7 heteroatoms. The van der Waals surface area contributed by atoms with Crippen LogP contribution in [-0.2, 0) is 14.3 Å². The molecule has 2 aromatic carbocycles. The molecular weight excluding hydrogens is 480 g/mol. The minimum absolute atomic E-state index is 0.0811. The molecule has 2 aromatic rings. The lowest BCUT2D eigenvalue weighted by Crippen LogP contribution is -2.45. The lowest BCUT2D eigenvalue weighted by molar-refractivity contribution is -0.132. The number of fused-ring (bicyclic) bond motifs is 3. The van der Waals surface area contributed by atoms with Gasteiger partial charge in [0.1, 0.15) is 12.6 Å². The van der Waals surface area contributed by atoms with Gasteiger partial charge in [-0.2, -0.15) is 0 Å². The molecule has 204 valence electrons. The number of carboxylic acid groups (broad SMARTS) is 1. The zero-order chi connectivity index (χ0) is 27.8. The molecule has 0 fully saturated rings. The SMILES string of the molecule is CCC(C)C[C@H](C)CCC(NC(=O)C(C)NC(=O)OCC1c2ccccc2-c2ccccc21)=C(C)C(=O)O. The van der Waals surface area contributed by atoms with Gasteiger partial charge >= 0.3 is 12.1 Å². The summed E-state index contributed by atoms with van der Waals surface area (Å²) in [5.74, 6) is -0.651. The Morgan fingerprint density at radius 2 is 1.53 bits per heavy atom. The average Bonchev–Trinajstić information content (AvgIpc) is 3.22. The van der Waals surface area contributed by atoms with E-state index < -0.39 is 24.0 Å². The average molecular weight is 521 g/mol. The van der Waals surface area contributed by atoms with Crippen molar-refractivity contribution in [2.75, 3.05) is 6.61 Å². The molecule has 0 heterocycles. The Morgan fingerprint density at radius 3 is 2.08 bits per heavy atom. The Bertz CT molecular complexity index is 1140. The molecule has 2 amide bonds. The number of alkyl carbamates (subject to hydrolysis) is 1. The number of nitrogens with one attached hydrogen (secondary N) is 2. The topological polar surface area (TPSA) is 105 Å². The van der Waals surface area contributed by atoms with E-state index in [1.165, 1.54) is 6.92 Å². The zero-order valence-electron chi connectivity index (χ0n) is 23.0. The van der Waals surface area contributed by atoms with Crippen molar-refractivity contribution in [3.05, 3.63) is 70.9 Å². The second kappa shape index (κ2) is 13.3. The van der Waals surface area contributed by atoms with Crippen LogP contribution in [0, 0.1) is 11.8 Å². The normalized spacial score (nSPS) is 15.4. The molecule has 0 aliphatic heterocycles. The van der Waals surface area contributed by atoms with Gasteiger partial charge < -0.3 is 20.5 Å². The highest BCUT2D eigenvalue weighted by atomic mass is 16.5. The van der Waals surface area contributed by atoms with Crippen molar-refractivity contribution in [1.29, 1.82) is 0 Å². The number of carbonyl (C=O) groups is 3. The van der Waals surface area contributed by atoms with Crippen LogP contribution in [0.5, 0.6) is 0 Å².